The first kappa shape index (κ1) is 12.4. The molecule has 1 atom stereocenters. The van der Waals surface area contributed by atoms with Crippen LogP contribution in [0, 0.1) is 5.82 Å². The Hall–Kier alpha value is -1.06. The molecule has 0 saturated heterocycles. The van der Waals surface area contributed by atoms with Crippen LogP contribution in [-0.4, -0.2) is 4.98 Å². The first-order valence-corrected chi connectivity index (χ1v) is 6.46. The predicted molar refractivity (Wildman–Crippen MR) is 69.9 cm³/mol. The average molecular weight is 268 g/mol. The van der Waals surface area contributed by atoms with Crippen molar-refractivity contribution < 1.29 is 4.39 Å². The van der Waals surface area contributed by atoms with Gasteiger partial charge in [-0.2, -0.15) is 0 Å². The van der Waals surface area contributed by atoms with Crippen LogP contribution < -0.4 is 0 Å². The van der Waals surface area contributed by atoms with Gasteiger partial charge in [-0.15, -0.1) is 0 Å². The van der Waals surface area contributed by atoms with Crippen molar-refractivity contribution in [1.29, 1.82) is 0 Å². The molecule has 0 bridgehead atoms. The number of hydrogen-bond acceptors (Lipinski definition) is 2. The highest BCUT2D eigenvalue weighted by atomic mass is 35.5. The molecular formula is C13H11ClFNS. The topological polar surface area (TPSA) is 12.9 Å². The molecule has 0 aliphatic heterocycles. The Bertz CT molecular complexity index is 484. The molecule has 0 fully saturated rings. The van der Waals surface area contributed by atoms with E-state index in [0.717, 1.165) is 5.03 Å². The molecular weight excluding hydrogens is 257 g/mol. The van der Waals surface area contributed by atoms with Crippen molar-refractivity contribution in [3.8, 4) is 0 Å². The molecule has 1 unspecified atom stereocenters. The van der Waals surface area contributed by atoms with Crippen LogP contribution in [0.5, 0.6) is 0 Å². The Morgan fingerprint density at radius 3 is 2.71 bits per heavy atom. The van der Waals surface area contributed by atoms with Gasteiger partial charge in [0.25, 0.3) is 0 Å². The highest BCUT2D eigenvalue weighted by Crippen LogP contribution is 2.38. The summed E-state index contributed by atoms with van der Waals surface area (Å²) in [5.41, 5.74) is 0.532. The van der Waals surface area contributed by atoms with Crippen LogP contribution in [0.2, 0.25) is 5.02 Å². The van der Waals surface area contributed by atoms with Gasteiger partial charge in [0.2, 0.25) is 0 Å². The van der Waals surface area contributed by atoms with Crippen molar-refractivity contribution in [3.05, 3.63) is 59.0 Å². The lowest BCUT2D eigenvalue weighted by molar-refractivity contribution is 0.611. The van der Waals surface area contributed by atoms with E-state index in [4.69, 9.17) is 11.6 Å². The molecule has 1 aromatic carbocycles. The van der Waals surface area contributed by atoms with E-state index in [9.17, 15) is 4.39 Å². The fourth-order valence-corrected chi connectivity index (χ4v) is 2.95. The average Bonchev–Trinajstić information content (AvgIpc) is 2.30. The largest absolute Gasteiger partial charge is 0.250 e. The summed E-state index contributed by atoms with van der Waals surface area (Å²) >= 11 is 7.51. The van der Waals surface area contributed by atoms with Crippen LogP contribution >= 0.6 is 23.4 Å². The zero-order chi connectivity index (χ0) is 12.3. The van der Waals surface area contributed by atoms with Gasteiger partial charge in [-0.3, -0.25) is 0 Å². The Balaban J connectivity index is 2.23. The van der Waals surface area contributed by atoms with E-state index >= 15 is 0 Å². The molecule has 1 aromatic heterocycles. The summed E-state index contributed by atoms with van der Waals surface area (Å²) in [7, 11) is 0. The van der Waals surface area contributed by atoms with Gasteiger partial charge in [-0.05, 0) is 31.2 Å². The van der Waals surface area contributed by atoms with Gasteiger partial charge in [0.05, 0.1) is 5.03 Å². The Labute approximate surface area is 109 Å². The van der Waals surface area contributed by atoms with E-state index in [1.165, 1.54) is 17.8 Å². The minimum Gasteiger partial charge on any atom is -0.250 e. The Morgan fingerprint density at radius 1 is 1.24 bits per heavy atom. The quantitative estimate of drug-likeness (QED) is 0.746. The predicted octanol–water partition coefficient (Wildman–Crippen LogP) is 4.73. The van der Waals surface area contributed by atoms with E-state index in [-0.39, 0.29) is 11.1 Å². The smallest absolute Gasteiger partial charge is 0.129 e. The van der Waals surface area contributed by atoms with Gasteiger partial charge in [-0.1, -0.05) is 35.5 Å². The highest BCUT2D eigenvalue weighted by molar-refractivity contribution is 7.99. The zero-order valence-corrected chi connectivity index (χ0v) is 10.8. The molecule has 0 amide bonds. The fourth-order valence-electron chi connectivity index (χ4n) is 1.56. The van der Waals surface area contributed by atoms with E-state index in [1.807, 2.05) is 25.1 Å². The number of aromatic nitrogens is 1. The molecule has 4 heteroatoms. The summed E-state index contributed by atoms with van der Waals surface area (Å²) in [5, 5.41) is 1.25. The zero-order valence-electron chi connectivity index (χ0n) is 9.23. The van der Waals surface area contributed by atoms with Crippen LogP contribution in [0.25, 0.3) is 0 Å². The molecule has 0 radical (unpaired) electrons. The molecule has 88 valence electrons. The van der Waals surface area contributed by atoms with E-state index in [2.05, 4.69) is 4.98 Å². The first-order chi connectivity index (χ1) is 8.18. The molecule has 0 aliphatic rings. The van der Waals surface area contributed by atoms with Gasteiger partial charge in [0.15, 0.2) is 0 Å². The molecule has 1 heterocycles. The monoisotopic (exact) mass is 267 g/mol. The lowest BCUT2D eigenvalue weighted by atomic mass is 10.1. The summed E-state index contributed by atoms with van der Waals surface area (Å²) in [6, 6.07) is 10.4. The van der Waals surface area contributed by atoms with Crippen molar-refractivity contribution in [2.24, 2.45) is 0 Å². The lowest BCUT2D eigenvalue weighted by Gasteiger charge is -2.13. The number of thioether (sulfide) groups is 1. The van der Waals surface area contributed by atoms with Gasteiger partial charge < -0.3 is 0 Å². The van der Waals surface area contributed by atoms with Crippen LogP contribution in [0.1, 0.15) is 17.7 Å². The summed E-state index contributed by atoms with van der Waals surface area (Å²) in [6.45, 7) is 1.92. The van der Waals surface area contributed by atoms with Crippen LogP contribution in [-0.2, 0) is 0 Å². The minimum absolute atomic E-state index is 0.0707. The van der Waals surface area contributed by atoms with Gasteiger partial charge >= 0.3 is 0 Å². The summed E-state index contributed by atoms with van der Waals surface area (Å²) in [5.74, 6) is -0.270. The summed E-state index contributed by atoms with van der Waals surface area (Å²) in [4.78, 5) is 4.20. The molecule has 0 aliphatic carbocycles. The number of halogens is 2. The number of benzene rings is 1. The minimum atomic E-state index is -0.270. The molecule has 0 spiro atoms. The van der Waals surface area contributed by atoms with Crippen LogP contribution in [0.4, 0.5) is 4.39 Å². The first-order valence-electron chi connectivity index (χ1n) is 5.20. The van der Waals surface area contributed by atoms with E-state index < -0.39 is 0 Å². The third kappa shape index (κ3) is 2.99. The second-order valence-electron chi connectivity index (χ2n) is 3.56. The second-order valence-corrected chi connectivity index (χ2v) is 5.33. The number of nitrogens with zero attached hydrogens (tertiary/aromatic N) is 1. The number of pyridine rings is 1. The number of hydrogen-bond donors (Lipinski definition) is 0. The normalized spacial score (nSPS) is 12.4. The Morgan fingerprint density at radius 2 is 2.06 bits per heavy atom. The van der Waals surface area contributed by atoms with Crippen molar-refractivity contribution >= 4 is 23.4 Å². The van der Waals surface area contributed by atoms with Crippen molar-refractivity contribution in [3.63, 3.8) is 0 Å². The SMILES string of the molecule is CC(Sc1ccccn1)c1c(F)cccc1Cl. The number of rotatable bonds is 3. The van der Waals surface area contributed by atoms with Crippen LogP contribution in [0.15, 0.2) is 47.6 Å². The maximum atomic E-state index is 13.7. The molecule has 17 heavy (non-hydrogen) atoms. The van der Waals surface area contributed by atoms with Gasteiger partial charge in [-0.25, -0.2) is 9.37 Å². The Kier molecular flexibility index (Phi) is 4.02. The van der Waals surface area contributed by atoms with E-state index in [1.54, 1.807) is 18.3 Å². The maximum Gasteiger partial charge on any atom is 0.129 e. The van der Waals surface area contributed by atoms with Gasteiger partial charge in [0, 0.05) is 22.0 Å². The molecule has 2 aromatic rings. The highest BCUT2D eigenvalue weighted by Gasteiger charge is 2.16. The lowest BCUT2D eigenvalue weighted by Crippen LogP contribution is -1.95. The second kappa shape index (κ2) is 5.52. The van der Waals surface area contributed by atoms with Crippen LogP contribution in [0.3, 0.4) is 0 Å². The summed E-state index contributed by atoms with van der Waals surface area (Å²) in [6.07, 6.45) is 1.72. The van der Waals surface area contributed by atoms with Crippen molar-refractivity contribution in [2.75, 3.05) is 0 Å². The van der Waals surface area contributed by atoms with Crippen molar-refractivity contribution in [2.45, 2.75) is 17.2 Å². The van der Waals surface area contributed by atoms with Gasteiger partial charge in [0.1, 0.15) is 5.82 Å². The molecule has 2 rings (SSSR count). The fraction of sp³-hybridized carbons (Fsp3) is 0.154. The molecule has 1 nitrogen and oxygen atoms in total. The third-order valence-corrected chi connectivity index (χ3v) is 3.74. The standard InChI is InChI=1S/C13H11ClFNS/c1-9(17-12-7-2-3-8-16-12)13-10(14)5-4-6-11(13)15/h2-9H,1H3. The summed E-state index contributed by atoms with van der Waals surface area (Å²) < 4.78 is 13.7. The van der Waals surface area contributed by atoms with Crippen molar-refractivity contribution in [1.82, 2.24) is 4.98 Å². The third-order valence-electron chi connectivity index (χ3n) is 2.34. The molecule has 0 N–H and O–H groups in total. The van der Waals surface area contributed by atoms with E-state index in [0.29, 0.717) is 10.6 Å². The maximum absolute atomic E-state index is 13.7. The molecule has 0 saturated carbocycles.